The van der Waals surface area contributed by atoms with Gasteiger partial charge in [-0.05, 0) is 43.0 Å². The van der Waals surface area contributed by atoms with Crippen molar-refractivity contribution in [1.29, 1.82) is 0 Å². The first-order valence-corrected chi connectivity index (χ1v) is 10.7. The molecular formula is C23H35IN4O2. The number of aliphatic hydroxyl groups excluding tert-OH is 1. The van der Waals surface area contributed by atoms with E-state index in [1.165, 1.54) is 11.1 Å². The largest absolute Gasteiger partial charge is 0.469 e. The normalized spacial score (nSPS) is 18.1. The number of halogens is 1. The lowest BCUT2D eigenvalue weighted by atomic mass is 10.1. The fourth-order valence-corrected chi connectivity index (χ4v) is 3.47. The van der Waals surface area contributed by atoms with Crippen molar-refractivity contribution in [2.45, 2.75) is 58.3 Å². The summed E-state index contributed by atoms with van der Waals surface area (Å²) in [6, 6.07) is 12.7. The van der Waals surface area contributed by atoms with E-state index in [1.807, 2.05) is 12.1 Å². The van der Waals surface area contributed by atoms with Crippen LogP contribution in [0.3, 0.4) is 0 Å². The van der Waals surface area contributed by atoms with Gasteiger partial charge in [0.25, 0.3) is 0 Å². The van der Waals surface area contributed by atoms with Crippen LogP contribution in [-0.2, 0) is 19.5 Å². The number of likely N-dealkylation sites (tertiary alicyclic amines) is 1. The number of rotatable bonds is 9. The summed E-state index contributed by atoms with van der Waals surface area (Å²) in [5, 5.41) is 16.7. The summed E-state index contributed by atoms with van der Waals surface area (Å²) in [7, 11) is 0. The SMILES string of the molecule is CCC(C)NC(=NCc1ccccc1CN1CCC(O)C1)NCCc1ccco1.I. The van der Waals surface area contributed by atoms with Crippen molar-refractivity contribution in [2.75, 3.05) is 19.6 Å². The van der Waals surface area contributed by atoms with Crippen molar-refractivity contribution < 1.29 is 9.52 Å². The van der Waals surface area contributed by atoms with E-state index in [1.54, 1.807) is 6.26 Å². The maximum absolute atomic E-state index is 9.79. The average molecular weight is 526 g/mol. The van der Waals surface area contributed by atoms with E-state index in [4.69, 9.17) is 9.41 Å². The van der Waals surface area contributed by atoms with Crippen molar-refractivity contribution in [3.05, 3.63) is 59.5 Å². The zero-order valence-electron chi connectivity index (χ0n) is 18.0. The highest BCUT2D eigenvalue weighted by atomic mass is 127. The molecule has 2 atom stereocenters. The summed E-state index contributed by atoms with van der Waals surface area (Å²) in [5.41, 5.74) is 2.51. The third-order valence-electron chi connectivity index (χ3n) is 5.41. The van der Waals surface area contributed by atoms with E-state index in [-0.39, 0.29) is 30.1 Å². The van der Waals surface area contributed by atoms with Gasteiger partial charge in [0.15, 0.2) is 5.96 Å². The van der Waals surface area contributed by atoms with Gasteiger partial charge in [-0.3, -0.25) is 4.90 Å². The van der Waals surface area contributed by atoms with Gasteiger partial charge in [-0.15, -0.1) is 24.0 Å². The van der Waals surface area contributed by atoms with Crippen LogP contribution in [0.5, 0.6) is 0 Å². The molecule has 1 aromatic carbocycles. The lowest BCUT2D eigenvalue weighted by Crippen LogP contribution is -2.42. The van der Waals surface area contributed by atoms with Crippen molar-refractivity contribution in [3.8, 4) is 0 Å². The highest BCUT2D eigenvalue weighted by molar-refractivity contribution is 14.0. The van der Waals surface area contributed by atoms with Gasteiger partial charge in [0.05, 0.1) is 18.9 Å². The number of hydrogen-bond donors (Lipinski definition) is 3. The Hall–Kier alpha value is -1.58. The Bertz CT molecular complexity index is 766. The van der Waals surface area contributed by atoms with Crippen LogP contribution >= 0.6 is 24.0 Å². The first-order valence-electron chi connectivity index (χ1n) is 10.7. The molecule has 0 spiro atoms. The summed E-state index contributed by atoms with van der Waals surface area (Å²) >= 11 is 0. The second-order valence-corrected chi connectivity index (χ2v) is 7.82. The predicted molar refractivity (Wildman–Crippen MR) is 132 cm³/mol. The highest BCUT2D eigenvalue weighted by Gasteiger charge is 2.20. The zero-order chi connectivity index (χ0) is 20.5. The smallest absolute Gasteiger partial charge is 0.191 e. The second-order valence-electron chi connectivity index (χ2n) is 7.82. The van der Waals surface area contributed by atoms with Gasteiger partial charge in [-0.1, -0.05) is 31.2 Å². The monoisotopic (exact) mass is 526 g/mol. The molecule has 0 saturated carbocycles. The number of β-amino-alcohol motifs (C(OH)–C–C–N with tert-alkyl or cyclic N) is 1. The predicted octanol–water partition coefficient (Wildman–Crippen LogP) is 3.54. The third-order valence-corrected chi connectivity index (χ3v) is 5.41. The molecule has 3 N–H and O–H groups in total. The van der Waals surface area contributed by atoms with Crippen LogP contribution in [-0.4, -0.2) is 47.7 Å². The quantitative estimate of drug-likeness (QED) is 0.265. The molecule has 7 heteroatoms. The molecule has 0 bridgehead atoms. The van der Waals surface area contributed by atoms with Crippen molar-refractivity contribution >= 4 is 29.9 Å². The Labute approximate surface area is 197 Å². The third kappa shape index (κ3) is 7.92. The minimum Gasteiger partial charge on any atom is -0.469 e. The summed E-state index contributed by atoms with van der Waals surface area (Å²) in [5.74, 6) is 1.80. The number of aliphatic imine (C=N–C) groups is 1. The number of furan rings is 1. The molecule has 0 aliphatic carbocycles. The number of benzene rings is 1. The number of nitrogens with one attached hydrogen (secondary N) is 2. The van der Waals surface area contributed by atoms with Crippen LogP contribution in [0.15, 0.2) is 52.1 Å². The van der Waals surface area contributed by atoms with E-state index in [2.05, 4.69) is 53.6 Å². The molecule has 30 heavy (non-hydrogen) atoms. The maximum Gasteiger partial charge on any atom is 0.191 e. The van der Waals surface area contributed by atoms with Gasteiger partial charge in [-0.25, -0.2) is 4.99 Å². The number of aliphatic hydroxyl groups is 1. The molecule has 166 valence electrons. The first kappa shape index (κ1) is 24.7. The van der Waals surface area contributed by atoms with Crippen LogP contribution in [0.4, 0.5) is 0 Å². The Morgan fingerprint density at radius 2 is 2.07 bits per heavy atom. The lowest BCUT2D eigenvalue weighted by molar-refractivity contribution is 0.174. The van der Waals surface area contributed by atoms with Gasteiger partial charge in [0.1, 0.15) is 5.76 Å². The van der Waals surface area contributed by atoms with Crippen molar-refractivity contribution in [3.63, 3.8) is 0 Å². The fourth-order valence-electron chi connectivity index (χ4n) is 3.47. The summed E-state index contributed by atoms with van der Waals surface area (Å²) in [4.78, 5) is 7.16. The van der Waals surface area contributed by atoms with Gasteiger partial charge < -0.3 is 20.2 Å². The molecule has 0 radical (unpaired) electrons. The molecule has 2 aromatic rings. The van der Waals surface area contributed by atoms with E-state index in [9.17, 15) is 5.11 Å². The van der Waals surface area contributed by atoms with Gasteiger partial charge in [0, 0.05) is 38.6 Å². The summed E-state index contributed by atoms with van der Waals surface area (Å²) in [6.45, 7) is 8.29. The minimum atomic E-state index is -0.190. The van der Waals surface area contributed by atoms with Crippen LogP contribution in [0.25, 0.3) is 0 Å². The molecule has 1 saturated heterocycles. The molecule has 1 aliphatic heterocycles. The Balaban J connectivity index is 0.00000320. The number of guanidine groups is 1. The van der Waals surface area contributed by atoms with E-state index in [0.717, 1.165) is 57.2 Å². The van der Waals surface area contributed by atoms with Crippen LogP contribution in [0.2, 0.25) is 0 Å². The average Bonchev–Trinajstić information content (AvgIpc) is 3.38. The van der Waals surface area contributed by atoms with Crippen molar-refractivity contribution in [2.24, 2.45) is 4.99 Å². The maximum atomic E-state index is 9.79. The van der Waals surface area contributed by atoms with Gasteiger partial charge >= 0.3 is 0 Å². The molecule has 1 aliphatic rings. The van der Waals surface area contributed by atoms with Crippen LogP contribution in [0, 0.1) is 0 Å². The number of hydrogen-bond acceptors (Lipinski definition) is 4. The Morgan fingerprint density at radius 1 is 1.27 bits per heavy atom. The molecule has 2 heterocycles. The van der Waals surface area contributed by atoms with Crippen molar-refractivity contribution in [1.82, 2.24) is 15.5 Å². The fraction of sp³-hybridized carbons (Fsp3) is 0.522. The van der Waals surface area contributed by atoms with E-state index < -0.39 is 0 Å². The van der Waals surface area contributed by atoms with Crippen LogP contribution < -0.4 is 10.6 Å². The minimum absolute atomic E-state index is 0. The first-order chi connectivity index (χ1) is 14.1. The van der Waals surface area contributed by atoms with E-state index in [0.29, 0.717) is 12.6 Å². The molecular weight excluding hydrogens is 491 g/mol. The lowest BCUT2D eigenvalue weighted by Gasteiger charge is -2.19. The molecule has 2 unspecified atom stereocenters. The van der Waals surface area contributed by atoms with Gasteiger partial charge in [0.2, 0.25) is 0 Å². The molecule has 1 fully saturated rings. The summed E-state index contributed by atoms with van der Waals surface area (Å²) < 4.78 is 5.41. The standard InChI is InChI=1S/C23H34N4O2.HI/c1-3-18(2)26-23(24-12-10-22-9-6-14-29-22)25-15-19-7-4-5-8-20(19)16-27-13-11-21(28)17-27;/h4-9,14,18,21,28H,3,10-13,15-17H2,1-2H3,(H2,24,25,26);1H. The Morgan fingerprint density at radius 3 is 2.73 bits per heavy atom. The Kier molecular flexibility index (Phi) is 10.7. The van der Waals surface area contributed by atoms with E-state index >= 15 is 0 Å². The van der Waals surface area contributed by atoms with Gasteiger partial charge in [-0.2, -0.15) is 0 Å². The summed E-state index contributed by atoms with van der Waals surface area (Å²) in [6.07, 6.45) is 4.24. The molecule has 0 amide bonds. The van der Waals surface area contributed by atoms with Crippen LogP contribution in [0.1, 0.15) is 43.6 Å². The molecule has 6 nitrogen and oxygen atoms in total. The zero-order valence-corrected chi connectivity index (χ0v) is 20.3. The molecule has 3 rings (SSSR count). The second kappa shape index (κ2) is 13.0. The highest BCUT2D eigenvalue weighted by Crippen LogP contribution is 2.17. The topological polar surface area (TPSA) is 73.0 Å². The molecule has 1 aromatic heterocycles. The number of nitrogens with zero attached hydrogens (tertiary/aromatic N) is 2.